The van der Waals surface area contributed by atoms with Crippen LogP contribution in [0.15, 0.2) is 12.7 Å². The molecular weight excluding hydrogens is 514 g/mol. The number of amides is 3. The number of ether oxygens (including phenoxy) is 2. The fourth-order valence-corrected chi connectivity index (χ4v) is 7.05. The van der Waals surface area contributed by atoms with Gasteiger partial charge < -0.3 is 25.0 Å². The van der Waals surface area contributed by atoms with Crippen LogP contribution in [-0.2, 0) is 28.7 Å². The van der Waals surface area contributed by atoms with Gasteiger partial charge in [-0.3, -0.25) is 19.2 Å². The quantitative estimate of drug-likeness (QED) is 0.226. The van der Waals surface area contributed by atoms with Gasteiger partial charge in [0.1, 0.15) is 11.6 Å². The minimum absolute atomic E-state index is 0.0144. The fourth-order valence-electron chi connectivity index (χ4n) is 7.05. The van der Waals surface area contributed by atoms with Gasteiger partial charge in [0.15, 0.2) is 6.10 Å². The maximum atomic E-state index is 14.3. The highest BCUT2D eigenvalue weighted by molar-refractivity contribution is 6.38. The van der Waals surface area contributed by atoms with E-state index in [0.29, 0.717) is 24.7 Å². The molecule has 10 heteroatoms. The zero-order chi connectivity index (χ0) is 29.2. The maximum Gasteiger partial charge on any atom is 0.509 e. The average Bonchev–Trinajstić information content (AvgIpc) is 3.52. The number of hydrogen-bond donors (Lipinski definition) is 2. The van der Waals surface area contributed by atoms with Crippen molar-refractivity contribution in [3.05, 3.63) is 12.7 Å². The highest BCUT2D eigenvalue weighted by atomic mass is 16.7. The summed E-state index contributed by atoms with van der Waals surface area (Å²) < 4.78 is 11.2. The largest absolute Gasteiger partial charge is 0.509 e. The summed E-state index contributed by atoms with van der Waals surface area (Å²) in [6, 6.07) is -1.85. The lowest BCUT2D eigenvalue weighted by molar-refractivity contribution is -0.156. The molecule has 10 nitrogen and oxygen atoms in total. The van der Waals surface area contributed by atoms with Gasteiger partial charge in [-0.05, 0) is 70.6 Å². The lowest BCUT2D eigenvalue weighted by atomic mass is 9.84. The SMILES string of the molecule is C=CCNC(=O)C(=O)C(CCC)NC(=O)C1C2CC(C3CC32)N1C(=O)C(OC(=O)OC(C)(C)C)C1CCCCC1. The topological polar surface area (TPSA) is 131 Å². The molecule has 4 rings (SSSR count). The monoisotopic (exact) mass is 559 g/mol. The normalized spacial score (nSPS) is 28.6. The Hall–Kier alpha value is -2.91. The summed E-state index contributed by atoms with van der Waals surface area (Å²) in [6.45, 7) is 10.8. The number of likely N-dealkylation sites (tertiary alicyclic amines) is 1. The molecule has 7 unspecified atom stereocenters. The number of piperidine rings is 1. The van der Waals surface area contributed by atoms with Crippen molar-refractivity contribution < 1.29 is 33.4 Å². The van der Waals surface area contributed by atoms with Gasteiger partial charge in [-0.25, -0.2) is 4.79 Å². The van der Waals surface area contributed by atoms with Crippen LogP contribution in [0, 0.1) is 23.7 Å². The lowest BCUT2D eigenvalue weighted by Gasteiger charge is -2.39. The van der Waals surface area contributed by atoms with Gasteiger partial charge in [0.25, 0.3) is 11.8 Å². The van der Waals surface area contributed by atoms with E-state index in [-0.39, 0.29) is 30.3 Å². The van der Waals surface area contributed by atoms with Gasteiger partial charge in [0, 0.05) is 18.5 Å². The number of hydrogen-bond acceptors (Lipinski definition) is 7. The second kappa shape index (κ2) is 12.3. The van der Waals surface area contributed by atoms with E-state index in [2.05, 4.69) is 17.2 Å². The Bertz CT molecular complexity index is 1020. The average molecular weight is 560 g/mol. The van der Waals surface area contributed by atoms with E-state index in [4.69, 9.17) is 9.47 Å². The van der Waals surface area contributed by atoms with Crippen molar-refractivity contribution in [1.29, 1.82) is 0 Å². The van der Waals surface area contributed by atoms with Crippen molar-refractivity contribution in [3.63, 3.8) is 0 Å². The van der Waals surface area contributed by atoms with Crippen LogP contribution < -0.4 is 10.6 Å². The first kappa shape index (κ1) is 30.1. The summed E-state index contributed by atoms with van der Waals surface area (Å²) in [4.78, 5) is 67.7. The Morgan fingerprint density at radius 2 is 1.73 bits per heavy atom. The van der Waals surface area contributed by atoms with Gasteiger partial charge >= 0.3 is 6.16 Å². The summed E-state index contributed by atoms with van der Waals surface area (Å²) >= 11 is 0. The molecule has 0 aromatic carbocycles. The molecule has 4 fully saturated rings. The molecule has 222 valence electrons. The zero-order valence-electron chi connectivity index (χ0n) is 24.3. The van der Waals surface area contributed by atoms with E-state index in [0.717, 1.165) is 44.9 Å². The number of nitrogens with zero attached hydrogens (tertiary/aromatic N) is 1. The number of nitrogens with one attached hydrogen (secondary N) is 2. The van der Waals surface area contributed by atoms with Crippen LogP contribution in [0.5, 0.6) is 0 Å². The molecule has 0 aromatic heterocycles. The van der Waals surface area contributed by atoms with Crippen molar-refractivity contribution in [1.82, 2.24) is 15.5 Å². The third kappa shape index (κ3) is 6.52. The summed E-state index contributed by atoms with van der Waals surface area (Å²) in [5.74, 6) is -1.69. The first-order valence-corrected chi connectivity index (χ1v) is 14.9. The molecule has 0 spiro atoms. The second-order valence-corrected chi connectivity index (χ2v) is 12.8. The maximum absolute atomic E-state index is 14.3. The summed E-state index contributed by atoms with van der Waals surface area (Å²) in [5, 5.41) is 5.30. The zero-order valence-corrected chi connectivity index (χ0v) is 24.3. The Kier molecular flexibility index (Phi) is 9.25. The first-order valence-electron chi connectivity index (χ1n) is 14.9. The molecule has 1 heterocycles. The van der Waals surface area contributed by atoms with Gasteiger partial charge in [-0.2, -0.15) is 0 Å². The standard InChI is InChI=1S/C30H45N3O7/c1-6-11-21(24(34)27(36)31-14-7-2)32-26(35)23-20-16-22(19-15-18(19)20)33(23)28(37)25(17-12-9-8-10-13-17)39-29(38)40-30(3,4)5/h7,17-23,25H,2,6,8-16H2,1,3-5H3,(H,31,36)(H,32,35). The number of Topliss-reactive ketones (excluding diaryl/α,β-unsaturated/α-hetero) is 1. The van der Waals surface area contributed by atoms with E-state index in [1.807, 2.05) is 6.92 Å². The predicted octanol–water partition coefficient (Wildman–Crippen LogP) is 3.28. The third-order valence-corrected chi connectivity index (χ3v) is 8.81. The van der Waals surface area contributed by atoms with E-state index in [1.165, 1.54) is 6.08 Å². The molecule has 7 atom stereocenters. The van der Waals surface area contributed by atoms with Crippen molar-refractivity contribution in [3.8, 4) is 0 Å². The number of carbonyl (C=O) groups is 5. The number of carbonyl (C=O) groups excluding carboxylic acids is 5. The van der Waals surface area contributed by atoms with Gasteiger partial charge in [-0.15, -0.1) is 6.58 Å². The van der Waals surface area contributed by atoms with Crippen LogP contribution in [0.1, 0.15) is 85.5 Å². The van der Waals surface area contributed by atoms with Crippen LogP contribution in [0.3, 0.4) is 0 Å². The molecule has 2 bridgehead atoms. The van der Waals surface area contributed by atoms with Crippen LogP contribution in [-0.4, -0.2) is 70.9 Å². The number of fused-ring (bicyclic) bond motifs is 5. The molecule has 2 N–H and O–H groups in total. The van der Waals surface area contributed by atoms with Crippen molar-refractivity contribution in [2.45, 2.75) is 115 Å². The first-order chi connectivity index (χ1) is 19.0. The minimum atomic E-state index is -1.03. The molecule has 3 saturated carbocycles. The lowest BCUT2D eigenvalue weighted by Crippen LogP contribution is -2.60. The van der Waals surface area contributed by atoms with E-state index >= 15 is 0 Å². The van der Waals surface area contributed by atoms with Crippen molar-refractivity contribution >= 4 is 29.7 Å². The second-order valence-electron chi connectivity index (χ2n) is 12.8. The predicted molar refractivity (Wildman–Crippen MR) is 147 cm³/mol. The number of rotatable bonds is 11. The van der Waals surface area contributed by atoms with Crippen LogP contribution in [0.2, 0.25) is 0 Å². The smallest absolute Gasteiger partial charge is 0.429 e. The van der Waals surface area contributed by atoms with Gasteiger partial charge in [0.05, 0.1) is 6.04 Å². The summed E-state index contributed by atoms with van der Waals surface area (Å²) in [6.07, 6.45) is 6.62. The molecule has 1 saturated heterocycles. The van der Waals surface area contributed by atoms with E-state index < -0.39 is 47.5 Å². The van der Waals surface area contributed by atoms with Crippen molar-refractivity contribution in [2.75, 3.05) is 6.54 Å². The van der Waals surface area contributed by atoms with E-state index in [1.54, 1.807) is 25.7 Å². The molecule has 1 aliphatic heterocycles. The fraction of sp³-hybridized carbons (Fsp3) is 0.767. The molecule has 3 aliphatic carbocycles. The van der Waals surface area contributed by atoms with Gasteiger partial charge in [0.2, 0.25) is 11.7 Å². The van der Waals surface area contributed by atoms with Crippen LogP contribution in [0.25, 0.3) is 0 Å². The molecule has 3 amide bonds. The summed E-state index contributed by atoms with van der Waals surface area (Å²) in [7, 11) is 0. The highest BCUT2D eigenvalue weighted by Crippen LogP contribution is 2.63. The summed E-state index contributed by atoms with van der Waals surface area (Å²) in [5.41, 5.74) is -0.771. The minimum Gasteiger partial charge on any atom is -0.429 e. The Labute approximate surface area is 237 Å². The molecule has 0 radical (unpaired) electrons. The Morgan fingerprint density at radius 1 is 1.02 bits per heavy atom. The Morgan fingerprint density at radius 3 is 2.35 bits per heavy atom. The molecule has 4 aliphatic rings. The van der Waals surface area contributed by atoms with Crippen molar-refractivity contribution in [2.24, 2.45) is 23.7 Å². The molecular formula is C30H45N3O7. The van der Waals surface area contributed by atoms with E-state index in [9.17, 15) is 24.0 Å². The Balaban J connectivity index is 1.55. The number of ketones is 1. The molecule has 40 heavy (non-hydrogen) atoms. The third-order valence-electron chi connectivity index (χ3n) is 8.81. The van der Waals surface area contributed by atoms with Crippen LogP contribution in [0.4, 0.5) is 4.79 Å². The van der Waals surface area contributed by atoms with Gasteiger partial charge in [-0.1, -0.05) is 38.7 Å². The molecule has 0 aromatic rings. The van der Waals surface area contributed by atoms with Crippen LogP contribution >= 0.6 is 0 Å². The highest BCUT2D eigenvalue weighted by Gasteiger charge is 2.68.